The highest BCUT2D eigenvalue weighted by Gasteiger charge is 2.23. The number of rotatable bonds is 6. The molecule has 0 unspecified atom stereocenters. The summed E-state index contributed by atoms with van der Waals surface area (Å²) in [5.41, 5.74) is 3.54. The second-order valence-electron chi connectivity index (χ2n) is 7.92. The van der Waals surface area contributed by atoms with Crippen molar-refractivity contribution in [3.8, 4) is 28.2 Å². The molecule has 0 atom stereocenters. The van der Waals surface area contributed by atoms with Crippen LogP contribution < -0.4 is 5.63 Å². The highest BCUT2D eigenvalue weighted by atomic mass is 32.2. The number of benzene rings is 3. The lowest BCUT2D eigenvalue weighted by molar-refractivity contribution is 0.430. The van der Waals surface area contributed by atoms with Crippen molar-refractivity contribution < 1.29 is 9.52 Å². The molecule has 0 amide bonds. The van der Waals surface area contributed by atoms with Gasteiger partial charge in [-0.2, -0.15) is 0 Å². The second kappa shape index (κ2) is 8.48. The maximum atomic E-state index is 12.8. The highest BCUT2D eigenvalue weighted by molar-refractivity contribution is 7.99. The second-order valence-corrected chi connectivity index (χ2v) is 8.97. The third-order valence-electron chi connectivity index (χ3n) is 5.53. The van der Waals surface area contributed by atoms with E-state index in [1.165, 1.54) is 36.2 Å². The van der Waals surface area contributed by atoms with Crippen LogP contribution in [-0.2, 0) is 6.42 Å². The molecule has 0 aliphatic heterocycles. The summed E-state index contributed by atoms with van der Waals surface area (Å²) in [5.74, 6) is 1.05. The fourth-order valence-corrected chi connectivity index (χ4v) is 4.64. The van der Waals surface area contributed by atoms with Crippen molar-refractivity contribution in [2.45, 2.75) is 29.1 Å². The average Bonchev–Trinajstić information content (AvgIpc) is 3.62. The standard InChI is InChI=1S/C27H22O3S/c28-23-17-24(21-11-6-10-20(16-21)19-7-2-1-3-8-19)30-27(29)26(23)31-25-12-5-4-9-22(25)15-18-13-14-18/h1-12,16-18,28H,13-15H2. The monoisotopic (exact) mass is 426 g/mol. The number of hydrogen-bond donors (Lipinski definition) is 1. The van der Waals surface area contributed by atoms with Gasteiger partial charge in [0, 0.05) is 16.5 Å². The van der Waals surface area contributed by atoms with Crippen LogP contribution >= 0.6 is 11.8 Å². The fraction of sp³-hybridized carbons (Fsp3) is 0.148. The molecule has 4 heteroatoms. The van der Waals surface area contributed by atoms with E-state index >= 15 is 0 Å². The minimum Gasteiger partial charge on any atom is -0.506 e. The van der Waals surface area contributed by atoms with E-state index in [0.717, 1.165) is 33.9 Å². The van der Waals surface area contributed by atoms with E-state index in [1.807, 2.05) is 72.8 Å². The number of hydrogen-bond acceptors (Lipinski definition) is 4. The predicted molar refractivity (Wildman–Crippen MR) is 125 cm³/mol. The van der Waals surface area contributed by atoms with Gasteiger partial charge in [-0.25, -0.2) is 4.79 Å². The topological polar surface area (TPSA) is 50.4 Å². The molecule has 5 rings (SSSR count). The molecule has 1 N–H and O–H groups in total. The molecular formula is C27H22O3S. The third-order valence-corrected chi connectivity index (χ3v) is 6.73. The van der Waals surface area contributed by atoms with Crippen LogP contribution in [0.5, 0.6) is 5.75 Å². The van der Waals surface area contributed by atoms with Gasteiger partial charge in [0.15, 0.2) is 0 Å². The van der Waals surface area contributed by atoms with Crippen molar-refractivity contribution in [3.05, 3.63) is 101 Å². The molecule has 1 fully saturated rings. The van der Waals surface area contributed by atoms with E-state index in [4.69, 9.17) is 4.42 Å². The summed E-state index contributed by atoms with van der Waals surface area (Å²) in [7, 11) is 0. The predicted octanol–water partition coefficient (Wildman–Crippen LogP) is 6.78. The lowest BCUT2D eigenvalue weighted by atomic mass is 10.0. The van der Waals surface area contributed by atoms with Gasteiger partial charge in [-0.05, 0) is 54.0 Å². The normalized spacial score (nSPS) is 13.3. The molecule has 0 spiro atoms. The molecule has 4 aromatic rings. The van der Waals surface area contributed by atoms with Gasteiger partial charge in [-0.3, -0.25) is 0 Å². The van der Waals surface area contributed by atoms with E-state index in [9.17, 15) is 9.90 Å². The minimum absolute atomic E-state index is 0.0532. The Labute approximate surface area is 185 Å². The molecule has 0 saturated heterocycles. The third kappa shape index (κ3) is 4.44. The highest BCUT2D eigenvalue weighted by Crippen LogP contribution is 2.39. The Kier molecular flexibility index (Phi) is 5.39. The van der Waals surface area contributed by atoms with Gasteiger partial charge >= 0.3 is 5.63 Å². The van der Waals surface area contributed by atoms with Crippen LogP contribution in [0.15, 0.2) is 104 Å². The van der Waals surface area contributed by atoms with Gasteiger partial charge in [0.1, 0.15) is 16.4 Å². The van der Waals surface area contributed by atoms with E-state index in [2.05, 4.69) is 6.07 Å². The Morgan fingerprint density at radius 1 is 0.839 bits per heavy atom. The summed E-state index contributed by atoms with van der Waals surface area (Å²) in [5, 5.41) is 10.7. The maximum absolute atomic E-state index is 12.8. The first-order valence-electron chi connectivity index (χ1n) is 10.5. The van der Waals surface area contributed by atoms with Gasteiger partial charge in [0.2, 0.25) is 0 Å². The van der Waals surface area contributed by atoms with Gasteiger partial charge < -0.3 is 9.52 Å². The SMILES string of the molecule is O=c1oc(-c2cccc(-c3ccccc3)c2)cc(O)c1Sc1ccccc1CC1CC1. The summed E-state index contributed by atoms with van der Waals surface area (Å²) in [4.78, 5) is 14.0. The molecule has 154 valence electrons. The Morgan fingerprint density at radius 2 is 1.55 bits per heavy atom. The van der Waals surface area contributed by atoms with Crippen molar-refractivity contribution in [2.24, 2.45) is 5.92 Å². The summed E-state index contributed by atoms with van der Waals surface area (Å²) in [6.07, 6.45) is 3.55. The molecule has 0 radical (unpaired) electrons. The lowest BCUT2D eigenvalue weighted by Gasteiger charge is -2.10. The Hall–Kier alpha value is -3.24. The molecule has 1 saturated carbocycles. The van der Waals surface area contributed by atoms with Gasteiger partial charge in [-0.15, -0.1) is 0 Å². The van der Waals surface area contributed by atoms with Crippen LogP contribution in [0.25, 0.3) is 22.5 Å². The minimum atomic E-state index is -0.522. The molecule has 0 bridgehead atoms. The van der Waals surface area contributed by atoms with Crippen LogP contribution in [0.2, 0.25) is 0 Å². The van der Waals surface area contributed by atoms with Crippen molar-refractivity contribution in [3.63, 3.8) is 0 Å². The molecule has 1 heterocycles. The summed E-state index contributed by atoms with van der Waals surface area (Å²) in [6.45, 7) is 0. The Morgan fingerprint density at radius 3 is 2.32 bits per heavy atom. The van der Waals surface area contributed by atoms with Crippen molar-refractivity contribution >= 4 is 11.8 Å². The van der Waals surface area contributed by atoms with E-state index in [1.54, 1.807) is 0 Å². The smallest absolute Gasteiger partial charge is 0.354 e. The first-order valence-corrected chi connectivity index (χ1v) is 11.3. The van der Waals surface area contributed by atoms with Crippen molar-refractivity contribution in [2.75, 3.05) is 0 Å². The summed E-state index contributed by atoms with van der Waals surface area (Å²) in [6, 6.07) is 27.4. The van der Waals surface area contributed by atoms with Crippen LogP contribution in [0.3, 0.4) is 0 Å². The van der Waals surface area contributed by atoms with Crippen molar-refractivity contribution in [1.29, 1.82) is 0 Å². The van der Waals surface area contributed by atoms with Crippen LogP contribution in [0, 0.1) is 5.92 Å². The van der Waals surface area contributed by atoms with Crippen LogP contribution in [-0.4, -0.2) is 5.11 Å². The van der Waals surface area contributed by atoms with Crippen molar-refractivity contribution in [1.82, 2.24) is 0 Å². The molecular weight excluding hydrogens is 404 g/mol. The van der Waals surface area contributed by atoms with Gasteiger partial charge in [0.25, 0.3) is 0 Å². The first-order chi connectivity index (χ1) is 15.2. The Bertz CT molecular complexity index is 1270. The van der Waals surface area contributed by atoms with Crippen LogP contribution in [0.1, 0.15) is 18.4 Å². The molecule has 3 aromatic carbocycles. The van der Waals surface area contributed by atoms with E-state index < -0.39 is 5.63 Å². The fourth-order valence-electron chi connectivity index (χ4n) is 3.70. The molecule has 1 aromatic heterocycles. The zero-order chi connectivity index (χ0) is 21.2. The molecule has 1 aliphatic carbocycles. The van der Waals surface area contributed by atoms with Gasteiger partial charge in [-0.1, -0.05) is 78.5 Å². The molecule has 1 aliphatic rings. The van der Waals surface area contributed by atoms with Gasteiger partial charge in [0.05, 0.1) is 0 Å². The van der Waals surface area contributed by atoms with E-state index in [-0.39, 0.29) is 10.6 Å². The largest absolute Gasteiger partial charge is 0.506 e. The summed E-state index contributed by atoms with van der Waals surface area (Å²) >= 11 is 1.28. The zero-order valence-electron chi connectivity index (χ0n) is 17.0. The molecule has 3 nitrogen and oxygen atoms in total. The molecule has 31 heavy (non-hydrogen) atoms. The average molecular weight is 427 g/mol. The first kappa shape index (κ1) is 19.7. The lowest BCUT2D eigenvalue weighted by Crippen LogP contribution is -2.03. The Balaban J connectivity index is 1.46. The maximum Gasteiger partial charge on any atom is 0.354 e. The van der Waals surface area contributed by atoms with Crippen LogP contribution in [0.4, 0.5) is 0 Å². The zero-order valence-corrected chi connectivity index (χ0v) is 17.8. The number of aromatic hydroxyl groups is 1. The quantitative estimate of drug-likeness (QED) is 0.369. The summed E-state index contributed by atoms with van der Waals surface area (Å²) < 4.78 is 5.64. The van der Waals surface area contributed by atoms with E-state index in [0.29, 0.717) is 5.76 Å².